The zero-order valence-corrected chi connectivity index (χ0v) is 19.6. The van der Waals surface area contributed by atoms with Crippen LogP contribution in [0.25, 0.3) is 0 Å². The van der Waals surface area contributed by atoms with Crippen LogP contribution in [0, 0.1) is 0 Å². The van der Waals surface area contributed by atoms with Crippen LogP contribution in [0.5, 0.6) is 0 Å². The maximum absolute atomic E-state index is 12.4. The Kier molecular flexibility index (Phi) is 10.2. The lowest BCUT2D eigenvalue weighted by molar-refractivity contribution is -0.163. The van der Waals surface area contributed by atoms with Gasteiger partial charge in [0.1, 0.15) is 6.42 Å². The van der Waals surface area contributed by atoms with Crippen LogP contribution < -0.4 is 10.6 Å². The lowest BCUT2D eigenvalue weighted by Gasteiger charge is -2.21. The minimum atomic E-state index is -1.11. The topological polar surface area (TPSA) is 111 Å². The van der Waals surface area contributed by atoms with Crippen molar-refractivity contribution in [3.8, 4) is 0 Å². The first-order valence-corrected chi connectivity index (χ1v) is 11.0. The fourth-order valence-corrected chi connectivity index (χ4v) is 3.21. The van der Waals surface area contributed by atoms with Crippen LogP contribution in [-0.4, -0.2) is 23.8 Å². The van der Waals surface area contributed by atoms with E-state index in [1.54, 1.807) is 48.5 Å². The molecule has 2 rings (SSSR count). The normalized spacial score (nSPS) is 12.2. The molecule has 0 bridgehead atoms. The van der Waals surface area contributed by atoms with Gasteiger partial charge in [-0.1, -0.05) is 36.4 Å². The van der Waals surface area contributed by atoms with Gasteiger partial charge < -0.3 is 20.1 Å². The monoisotopic (exact) mass is 494 g/mol. The highest BCUT2D eigenvalue weighted by molar-refractivity contribution is 6.17. The van der Waals surface area contributed by atoms with E-state index in [0.717, 1.165) is 11.1 Å². The summed E-state index contributed by atoms with van der Waals surface area (Å²) in [6, 6.07) is 13.6. The van der Waals surface area contributed by atoms with Crippen molar-refractivity contribution in [2.24, 2.45) is 0 Å². The lowest BCUT2D eigenvalue weighted by atomic mass is 10.1. The number of amides is 2. The van der Waals surface area contributed by atoms with Crippen LogP contribution in [0.15, 0.2) is 48.5 Å². The summed E-state index contributed by atoms with van der Waals surface area (Å²) in [5, 5.41) is 5.02. The van der Waals surface area contributed by atoms with Gasteiger partial charge in [0.2, 0.25) is 24.3 Å². The van der Waals surface area contributed by atoms with E-state index in [4.69, 9.17) is 32.7 Å². The molecule has 0 aliphatic carbocycles. The molecule has 0 saturated heterocycles. The minimum absolute atomic E-state index is 0.233. The van der Waals surface area contributed by atoms with Gasteiger partial charge in [0.25, 0.3) is 0 Å². The summed E-state index contributed by atoms with van der Waals surface area (Å²) in [6.07, 6.45) is -2.97. The molecule has 176 valence electrons. The summed E-state index contributed by atoms with van der Waals surface area (Å²) >= 11 is 11.7. The van der Waals surface area contributed by atoms with Crippen molar-refractivity contribution in [3.63, 3.8) is 0 Å². The van der Waals surface area contributed by atoms with Gasteiger partial charge in [-0.05, 0) is 23.3 Å². The average molecular weight is 495 g/mol. The van der Waals surface area contributed by atoms with Crippen molar-refractivity contribution in [2.45, 2.75) is 44.5 Å². The molecule has 2 amide bonds. The first kappa shape index (κ1) is 26.2. The van der Waals surface area contributed by atoms with Crippen molar-refractivity contribution in [3.05, 3.63) is 70.8 Å². The molecule has 0 saturated carbocycles. The zero-order valence-electron chi connectivity index (χ0n) is 18.1. The second-order valence-electron chi connectivity index (χ2n) is 7.07. The smallest absolute Gasteiger partial charge is 0.319 e. The number of rotatable bonds is 10. The fourth-order valence-electron chi connectivity index (χ4n) is 2.87. The second kappa shape index (κ2) is 12.8. The number of halogens is 2. The first-order valence-electron chi connectivity index (χ1n) is 9.94. The Bertz CT molecular complexity index is 934. The highest BCUT2D eigenvalue weighted by Gasteiger charge is 2.24. The maximum Gasteiger partial charge on any atom is 0.319 e. The molecule has 2 N–H and O–H groups in total. The predicted molar refractivity (Wildman–Crippen MR) is 122 cm³/mol. The largest absolute Gasteiger partial charge is 0.437 e. The highest BCUT2D eigenvalue weighted by Crippen LogP contribution is 2.20. The van der Waals surface area contributed by atoms with Gasteiger partial charge in [0.05, 0.1) is 0 Å². The Balaban J connectivity index is 2.09. The number of hydrogen-bond acceptors (Lipinski definition) is 6. The molecule has 8 nitrogen and oxygen atoms in total. The molecule has 2 atom stereocenters. The summed E-state index contributed by atoms with van der Waals surface area (Å²) in [6.45, 7) is 2.54. The SMILES string of the molecule is CC(=O)NC(OC(=O)CC(=O)OC(NC(C)=O)c1cccc(CCl)c1)c1cccc(CCl)c1. The third kappa shape index (κ3) is 8.75. The number of hydrogen-bond donors (Lipinski definition) is 2. The van der Waals surface area contributed by atoms with Crippen LogP contribution in [0.4, 0.5) is 0 Å². The Labute approximate surface area is 201 Å². The molecule has 0 heterocycles. The molecule has 0 aliphatic heterocycles. The molecule has 0 aromatic heterocycles. The molecule has 2 aromatic rings. The van der Waals surface area contributed by atoms with Crippen LogP contribution in [0.1, 0.15) is 55.0 Å². The number of esters is 2. The molecular formula is C23H24Cl2N2O6. The van der Waals surface area contributed by atoms with Crippen LogP contribution in [0.2, 0.25) is 0 Å². The van der Waals surface area contributed by atoms with Gasteiger partial charge in [0, 0.05) is 36.7 Å². The molecule has 2 aromatic carbocycles. The summed E-state index contributed by atoms with van der Waals surface area (Å²) in [4.78, 5) is 48.0. The molecule has 33 heavy (non-hydrogen) atoms. The van der Waals surface area contributed by atoms with E-state index in [2.05, 4.69) is 10.6 Å². The van der Waals surface area contributed by atoms with Crippen LogP contribution in [-0.2, 0) is 40.4 Å². The van der Waals surface area contributed by atoms with E-state index >= 15 is 0 Å². The quantitative estimate of drug-likeness (QED) is 0.226. The number of ether oxygens (including phenoxy) is 2. The highest BCUT2D eigenvalue weighted by atomic mass is 35.5. The summed E-state index contributed by atoms with van der Waals surface area (Å²) in [5.74, 6) is -2.25. The minimum Gasteiger partial charge on any atom is -0.437 e. The Morgan fingerprint density at radius 3 is 1.48 bits per heavy atom. The molecule has 10 heteroatoms. The van der Waals surface area contributed by atoms with Gasteiger partial charge >= 0.3 is 11.9 Å². The number of carbonyl (C=O) groups excluding carboxylic acids is 4. The van der Waals surface area contributed by atoms with E-state index < -0.39 is 42.6 Å². The molecule has 0 spiro atoms. The number of alkyl halides is 2. The van der Waals surface area contributed by atoms with Crippen molar-refractivity contribution in [2.75, 3.05) is 0 Å². The van der Waals surface area contributed by atoms with Gasteiger partial charge in [0.15, 0.2) is 0 Å². The van der Waals surface area contributed by atoms with Crippen molar-refractivity contribution < 1.29 is 28.7 Å². The Morgan fingerprint density at radius 1 is 0.758 bits per heavy atom. The molecule has 2 unspecified atom stereocenters. The summed E-state index contributed by atoms with van der Waals surface area (Å²) < 4.78 is 10.6. The number of carbonyl (C=O) groups is 4. The lowest BCUT2D eigenvalue weighted by Crippen LogP contribution is -2.32. The van der Waals surface area contributed by atoms with E-state index in [-0.39, 0.29) is 11.8 Å². The van der Waals surface area contributed by atoms with Crippen LogP contribution >= 0.6 is 23.2 Å². The predicted octanol–water partition coefficient (Wildman–Crippen LogP) is 3.61. The maximum atomic E-state index is 12.4. The fraction of sp³-hybridized carbons (Fsp3) is 0.304. The third-order valence-electron chi connectivity index (χ3n) is 4.27. The standard InChI is InChI=1S/C23H24Cl2N2O6/c1-14(28)26-22(18-7-3-5-16(9-18)12-24)32-20(30)11-21(31)33-23(27-15(2)29)19-8-4-6-17(10-19)13-25/h3-10,22-23H,11-13H2,1-2H3,(H,26,28)(H,27,29). The van der Waals surface area contributed by atoms with Gasteiger partial charge in [-0.3, -0.25) is 19.2 Å². The zero-order chi connectivity index (χ0) is 24.4. The third-order valence-corrected chi connectivity index (χ3v) is 4.89. The van der Waals surface area contributed by atoms with E-state index in [0.29, 0.717) is 11.1 Å². The average Bonchev–Trinajstić information content (AvgIpc) is 2.77. The summed E-state index contributed by atoms with van der Waals surface area (Å²) in [5.41, 5.74) is 2.49. The molecule has 0 fully saturated rings. The van der Waals surface area contributed by atoms with E-state index in [1.807, 2.05) is 0 Å². The molecular weight excluding hydrogens is 471 g/mol. The number of benzene rings is 2. The summed E-state index contributed by atoms with van der Waals surface area (Å²) in [7, 11) is 0. The first-order chi connectivity index (χ1) is 15.7. The van der Waals surface area contributed by atoms with Crippen molar-refractivity contribution in [1.82, 2.24) is 10.6 Å². The second-order valence-corrected chi connectivity index (χ2v) is 7.61. The van der Waals surface area contributed by atoms with Gasteiger partial charge in [-0.2, -0.15) is 0 Å². The van der Waals surface area contributed by atoms with Crippen LogP contribution in [0.3, 0.4) is 0 Å². The van der Waals surface area contributed by atoms with Crippen molar-refractivity contribution >= 4 is 47.0 Å². The molecule has 0 aliphatic rings. The van der Waals surface area contributed by atoms with E-state index in [9.17, 15) is 19.2 Å². The van der Waals surface area contributed by atoms with Gasteiger partial charge in [-0.25, -0.2) is 0 Å². The molecule has 0 radical (unpaired) electrons. The Hall–Kier alpha value is -3.10. The van der Waals surface area contributed by atoms with Gasteiger partial charge in [-0.15, -0.1) is 23.2 Å². The van der Waals surface area contributed by atoms with Crippen molar-refractivity contribution in [1.29, 1.82) is 0 Å². The van der Waals surface area contributed by atoms with E-state index in [1.165, 1.54) is 13.8 Å². The Morgan fingerprint density at radius 2 is 1.15 bits per heavy atom. The number of nitrogens with one attached hydrogen (secondary N) is 2.